The van der Waals surface area contributed by atoms with Crippen LogP contribution in [-0.4, -0.2) is 17.9 Å². The minimum absolute atomic E-state index is 0.321. The number of esters is 1. The van der Waals surface area contributed by atoms with Crippen LogP contribution in [0.2, 0.25) is 0 Å². The fourth-order valence-corrected chi connectivity index (χ4v) is 0.657. The second kappa shape index (κ2) is 3.73. The average molecular weight is 151 g/mol. The van der Waals surface area contributed by atoms with Crippen LogP contribution in [0.1, 0.15) is 10.4 Å². The van der Waals surface area contributed by atoms with Crippen LogP contribution >= 0.6 is 0 Å². The van der Waals surface area contributed by atoms with E-state index in [0.717, 1.165) is 0 Å². The molecule has 0 bridgehead atoms. The first-order chi connectivity index (χ1) is 5.34. The topological polar surface area (TPSA) is 46.5 Å². The summed E-state index contributed by atoms with van der Waals surface area (Å²) in [5.74, 6) is -0.562. The van der Waals surface area contributed by atoms with E-state index in [0.29, 0.717) is 5.56 Å². The molecule has 57 valence electrons. The quantitative estimate of drug-likeness (QED) is 0.497. The smallest absolute Gasteiger partial charge is 0.340 e. The van der Waals surface area contributed by atoms with Crippen molar-refractivity contribution in [3.8, 4) is 0 Å². The van der Waals surface area contributed by atoms with E-state index in [9.17, 15) is 4.79 Å². The molecular weight excluding hydrogens is 144 g/mol. The number of ether oxygens (including phenoxy) is 1. The van der Waals surface area contributed by atoms with Crippen molar-refractivity contribution in [2.24, 2.45) is 0 Å². The van der Waals surface area contributed by atoms with Gasteiger partial charge in [-0.05, 0) is 12.1 Å². The SMILES string of the molecule is O=C(OCO)c1[c]cccc1. The van der Waals surface area contributed by atoms with Gasteiger partial charge in [0.05, 0.1) is 5.56 Å². The second-order valence-electron chi connectivity index (χ2n) is 1.84. The van der Waals surface area contributed by atoms with Crippen LogP contribution in [-0.2, 0) is 4.74 Å². The van der Waals surface area contributed by atoms with Crippen LogP contribution < -0.4 is 0 Å². The minimum atomic E-state index is -0.596. The Hall–Kier alpha value is -1.35. The highest BCUT2D eigenvalue weighted by Gasteiger charge is 2.03. The number of aliphatic hydroxyl groups is 1. The van der Waals surface area contributed by atoms with Crippen LogP contribution in [0, 0.1) is 6.07 Å². The van der Waals surface area contributed by atoms with Gasteiger partial charge < -0.3 is 9.84 Å². The Bertz CT molecular complexity index is 230. The molecule has 3 heteroatoms. The molecule has 0 aromatic heterocycles. The molecule has 1 radical (unpaired) electrons. The fraction of sp³-hybridized carbons (Fsp3) is 0.125. The van der Waals surface area contributed by atoms with Gasteiger partial charge >= 0.3 is 5.97 Å². The number of carbonyl (C=O) groups excluding carboxylic acids is 1. The van der Waals surface area contributed by atoms with E-state index in [-0.39, 0.29) is 0 Å². The van der Waals surface area contributed by atoms with Crippen LogP contribution in [0.25, 0.3) is 0 Å². The summed E-state index contributed by atoms with van der Waals surface area (Å²) >= 11 is 0. The molecule has 3 nitrogen and oxygen atoms in total. The summed E-state index contributed by atoms with van der Waals surface area (Å²) in [6, 6.07) is 9.28. The second-order valence-corrected chi connectivity index (χ2v) is 1.84. The van der Waals surface area contributed by atoms with Gasteiger partial charge in [0.1, 0.15) is 0 Å². The molecule has 1 aromatic carbocycles. The standard InChI is InChI=1S/C8H7O3/c9-6-11-8(10)7-4-2-1-3-5-7/h1-4,9H,6H2. The summed E-state index contributed by atoms with van der Waals surface area (Å²) in [4.78, 5) is 10.8. The van der Waals surface area contributed by atoms with Gasteiger partial charge in [0.25, 0.3) is 0 Å². The maximum absolute atomic E-state index is 10.8. The van der Waals surface area contributed by atoms with Gasteiger partial charge in [0.15, 0.2) is 6.79 Å². The third kappa shape index (κ3) is 2.05. The third-order valence-corrected chi connectivity index (χ3v) is 1.12. The molecule has 0 atom stereocenters. The lowest BCUT2D eigenvalue weighted by Gasteiger charge is -1.98. The molecule has 1 N–H and O–H groups in total. The van der Waals surface area contributed by atoms with Crippen molar-refractivity contribution >= 4 is 5.97 Å². The highest BCUT2D eigenvalue weighted by Crippen LogP contribution is 1.98. The van der Waals surface area contributed by atoms with Crippen molar-refractivity contribution < 1.29 is 14.6 Å². The molecule has 1 aromatic rings. The molecule has 0 amide bonds. The summed E-state index contributed by atoms with van der Waals surface area (Å²) < 4.78 is 4.31. The van der Waals surface area contributed by atoms with Crippen molar-refractivity contribution in [2.45, 2.75) is 0 Å². The Balaban J connectivity index is 2.69. The maximum atomic E-state index is 10.8. The van der Waals surface area contributed by atoms with Gasteiger partial charge in [0.2, 0.25) is 0 Å². The van der Waals surface area contributed by atoms with Crippen molar-refractivity contribution in [1.82, 2.24) is 0 Å². The van der Waals surface area contributed by atoms with Crippen molar-refractivity contribution in [2.75, 3.05) is 6.79 Å². The molecular formula is C8H7O3. The summed E-state index contributed by atoms with van der Waals surface area (Å²) in [6.45, 7) is -0.596. The van der Waals surface area contributed by atoms with E-state index in [1.54, 1.807) is 24.3 Å². The Morgan fingerprint density at radius 2 is 2.45 bits per heavy atom. The highest BCUT2D eigenvalue weighted by molar-refractivity contribution is 5.88. The molecule has 1 rings (SSSR count). The van der Waals surface area contributed by atoms with Crippen molar-refractivity contribution in [1.29, 1.82) is 0 Å². The van der Waals surface area contributed by atoms with Gasteiger partial charge in [-0.1, -0.05) is 18.2 Å². The van der Waals surface area contributed by atoms with Gasteiger partial charge in [-0.15, -0.1) is 0 Å². The highest BCUT2D eigenvalue weighted by atomic mass is 16.6. The number of aliphatic hydroxyl groups excluding tert-OH is 1. The summed E-state index contributed by atoms with van der Waals surface area (Å²) in [5, 5.41) is 8.24. The molecule has 0 aliphatic rings. The largest absolute Gasteiger partial charge is 0.435 e. The summed E-state index contributed by atoms with van der Waals surface area (Å²) in [6.07, 6.45) is 0. The Morgan fingerprint density at radius 1 is 1.64 bits per heavy atom. The first-order valence-corrected chi connectivity index (χ1v) is 3.09. The predicted molar refractivity (Wildman–Crippen MR) is 37.8 cm³/mol. The fourth-order valence-electron chi connectivity index (χ4n) is 0.657. The maximum Gasteiger partial charge on any atom is 0.340 e. The lowest BCUT2D eigenvalue weighted by Crippen LogP contribution is -2.05. The first-order valence-electron chi connectivity index (χ1n) is 3.09. The van der Waals surface area contributed by atoms with E-state index in [1.807, 2.05) is 0 Å². The number of hydrogen-bond donors (Lipinski definition) is 1. The van der Waals surface area contributed by atoms with Gasteiger partial charge in [-0.2, -0.15) is 0 Å². The Labute approximate surface area is 64.2 Å². The van der Waals surface area contributed by atoms with Crippen molar-refractivity contribution in [3.05, 3.63) is 35.9 Å². The van der Waals surface area contributed by atoms with E-state index < -0.39 is 12.8 Å². The van der Waals surface area contributed by atoms with E-state index in [2.05, 4.69) is 10.8 Å². The summed E-state index contributed by atoms with van der Waals surface area (Å²) in [5.41, 5.74) is 0.321. The first kappa shape index (κ1) is 7.75. The normalized spacial score (nSPS) is 9.18. The van der Waals surface area contributed by atoms with Crippen LogP contribution in [0.3, 0.4) is 0 Å². The third-order valence-electron chi connectivity index (χ3n) is 1.12. The molecule has 0 fully saturated rings. The zero-order valence-corrected chi connectivity index (χ0v) is 5.78. The number of rotatable bonds is 2. The lowest BCUT2D eigenvalue weighted by atomic mass is 10.2. The number of hydrogen-bond acceptors (Lipinski definition) is 3. The number of carbonyl (C=O) groups is 1. The van der Waals surface area contributed by atoms with Gasteiger partial charge in [0, 0.05) is 0 Å². The molecule has 0 saturated carbocycles. The van der Waals surface area contributed by atoms with E-state index in [4.69, 9.17) is 5.11 Å². The Kier molecular flexibility index (Phi) is 2.63. The number of benzene rings is 1. The van der Waals surface area contributed by atoms with Crippen LogP contribution in [0.4, 0.5) is 0 Å². The zero-order chi connectivity index (χ0) is 8.10. The molecule has 0 heterocycles. The molecule has 0 unspecified atom stereocenters. The van der Waals surface area contributed by atoms with Gasteiger partial charge in [-0.25, -0.2) is 4.79 Å². The van der Waals surface area contributed by atoms with Crippen LogP contribution in [0.5, 0.6) is 0 Å². The summed E-state index contributed by atoms with van der Waals surface area (Å²) in [7, 11) is 0. The molecule has 0 saturated heterocycles. The minimum Gasteiger partial charge on any atom is -0.435 e. The van der Waals surface area contributed by atoms with Crippen LogP contribution in [0.15, 0.2) is 24.3 Å². The van der Waals surface area contributed by atoms with Gasteiger partial charge in [-0.3, -0.25) is 0 Å². The monoisotopic (exact) mass is 151 g/mol. The Morgan fingerprint density at radius 3 is 3.00 bits per heavy atom. The molecule has 0 aliphatic carbocycles. The van der Waals surface area contributed by atoms with Crippen molar-refractivity contribution in [3.63, 3.8) is 0 Å². The molecule has 0 aliphatic heterocycles. The lowest BCUT2D eigenvalue weighted by molar-refractivity contribution is 0.00680. The zero-order valence-electron chi connectivity index (χ0n) is 5.78. The average Bonchev–Trinajstić information content (AvgIpc) is 2.07. The molecule has 0 spiro atoms. The van der Waals surface area contributed by atoms with E-state index >= 15 is 0 Å². The molecule has 11 heavy (non-hydrogen) atoms. The predicted octanol–water partition coefficient (Wildman–Crippen LogP) is 0.593. The van der Waals surface area contributed by atoms with E-state index in [1.165, 1.54) is 0 Å².